The van der Waals surface area contributed by atoms with E-state index in [4.69, 9.17) is 4.74 Å². The molecule has 0 bridgehead atoms. The number of methoxy groups -OCH3 is 1. The summed E-state index contributed by atoms with van der Waals surface area (Å²) in [7, 11) is -2.48. The number of hydrogen-bond donors (Lipinski definition) is 2. The van der Waals surface area contributed by atoms with Crippen LogP contribution in [0.4, 0.5) is 17.1 Å². The second-order valence-corrected chi connectivity index (χ2v) is 10.1. The van der Waals surface area contributed by atoms with Crippen molar-refractivity contribution < 1.29 is 17.9 Å². The molecule has 3 aromatic rings. The van der Waals surface area contributed by atoms with Crippen molar-refractivity contribution in [3.05, 3.63) is 58.5 Å². The number of nitrogens with zero attached hydrogens (tertiary/aromatic N) is 2. The maximum atomic E-state index is 13.4. The number of rotatable bonds is 7. The zero-order chi connectivity index (χ0) is 22.7. The second-order valence-electron chi connectivity index (χ2n) is 7.39. The maximum Gasteiger partial charge on any atom is 0.275 e. The van der Waals surface area contributed by atoms with Crippen LogP contribution in [-0.2, 0) is 10.0 Å². The van der Waals surface area contributed by atoms with Gasteiger partial charge in [-0.05, 0) is 50.1 Å². The first-order valence-corrected chi connectivity index (χ1v) is 12.5. The zero-order valence-electron chi connectivity index (χ0n) is 17.8. The standard InChI is InChI=1S/C22H24N4O4S2/c1-15-23-18(14-31-15)22(27)24-16-9-10-19(26-11-5-6-12-26)21(13-16)32(28,29)25-17-7-3-4-8-20(17)30-2/h3-4,7-10,13-14,25H,5-6,11-12H2,1-2H3,(H,24,27). The van der Waals surface area contributed by atoms with E-state index in [2.05, 4.69) is 15.0 Å². The Bertz CT molecular complexity index is 1230. The Hall–Kier alpha value is -3.11. The van der Waals surface area contributed by atoms with Crippen LogP contribution in [0, 0.1) is 6.92 Å². The monoisotopic (exact) mass is 472 g/mol. The van der Waals surface area contributed by atoms with Crippen LogP contribution in [0.5, 0.6) is 5.75 Å². The first-order valence-electron chi connectivity index (χ1n) is 10.2. The number of nitrogens with one attached hydrogen (secondary N) is 2. The highest BCUT2D eigenvalue weighted by Crippen LogP contribution is 2.34. The fourth-order valence-corrected chi connectivity index (χ4v) is 5.53. The second kappa shape index (κ2) is 9.17. The number of ether oxygens (including phenoxy) is 1. The molecule has 1 aliphatic rings. The van der Waals surface area contributed by atoms with E-state index in [1.54, 1.807) is 41.8 Å². The van der Waals surface area contributed by atoms with Gasteiger partial charge in [0.25, 0.3) is 15.9 Å². The van der Waals surface area contributed by atoms with Gasteiger partial charge in [0.15, 0.2) is 0 Å². The van der Waals surface area contributed by atoms with Gasteiger partial charge in [-0.25, -0.2) is 13.4 Å². The van der Waals surface area contributed by atoms with E-state index in [1.807, 2.05) is 11.8 Å². The number of benzene rings is 2. The van der Waals surface area contributed by atoms with E-state index in [9.17, 15) is 13.2 Å². The Morgan fingerprint density at radius 3 is 2.59 bits per heavy atom. The molecule has 0 aliphatic carbocycles. The third-order valence-corrected chi connectivity index (χ3v) is 7.33. The molecule has 0 atom stereocenters. The van der Waals surface area contributed by atoms with E-state index < -0.39 is 10.0 Å². The van der Waals surface area contributed by atoms with Gasteiger partial charge >= 0.3 is 0 Å². The molecule has 0 radical (unpaired) electrons. The topological polar surface area (TPSA) is 101 Å². The number of amides is 1. The molecule has 1 amide bonds. The van der Waals surface area contributed by atoms with Gasteiger partial charge in [0.1, 0.15) is 16.3 Å². The van der Waals surface area contributed by atoms with Gasteiger partial charge in [-0.3, -0.25) is 9.52 Å². The highest BCUT2D eigenvalue weighted by molar-refractivity contribution is 7.93. The third kappa shape index (κ3) is 4.71. The summed E-state index contributed by atoms with van der Waals surface area (Å²) in [4.78, 5) is 18.9. The normalized spacial score (nSPS) is 13.8. The van der Waals surface area contributed by atoms with Crippen molar-refractivity contribution in [3.63, 3.8) is 0 Å². The summed E-state index contributed by atoms with van der Waals surface area (Å²) in [6.07, 6.45) is 2.00. The van der Waals surface area contributed by atoms with Crippen LogP contribution >= 0.6 is 11.3 Å². The Morgan fingerprint density at radius 2 is 1.91 bits per heavy atom. The minimum Gasteiger partial charge on any atom is -0.495 e. The van der Waals surface area contributed by atoms with Crippen molar-refractivity contribution in [2.45, 2.75) is 24.7 Å². The van der Waals surface area contributed by atoms with Crippen LogP contribution in [0.15, 0.2) is 52.7 Å². The molecular weight excluding hydrogens is 448 g/mol. The molecule has 0 saturated carbocycles. The molecule has 4 rings (SSSR count). The summed E-state index contributed by atoms with van der Waals surface area (Å²) >= 11 is 1.38. The predicted molar refractivity (Wildman–Crippen MR) is 126 cm³/mol. The summed E-state index contributed by atoms with van der Waals surface area (Å²) in [6, 6.07) is 11.8. The molecular formula is C22H24N4O4S2. The van der Waals surface area contributed by atoms with Crippen molar-refractivity contribution in [2.75, 3.05) is 35.1 Å². The smallest absolute Gasteiger partial charge is 0.275 e. The van der Waals surface area contributed by atoms with Gasteiger partial charge in [-0.1, -0.05) is 12.1 Å². The van der Waals surface area contributed by atoms with Gasteiger partial charge in [0, 0.05) is 24.2 Å². The number of carbonyl (C=O) groups excluding carboxylic acids is 1. The van der Waals surface area contributed by atoms with Crippen LogP contribution in [0.3, 0.4) is 0 Å². The highest BCUT2D eigenvalue weighted by atomic mass is 32.2. The van der Waals surface area contributed by atoms with Crippen LogP contribution in [0.2, 0.25) is 0 Å². The Labute approximate surface area is 191 Å². The largest absolute Gasteiger partial charge is 0.495 e. The van der Waals surface area contributed by atoms with Crippen molar-refractivity contribution in [1.82, 2.24) is 4.98 Å². The number of carbonyl (C=O) groups is 1. The molecule has 0 spiro atoms. The predicted octanol–water partition coefficient (Wildman–Crippen LogP) is 4.11. The van der Waals surface area contributed by atoms with E-state index in [0.717, 1.165) is 30.9 Å². The van der Waals surface area contributed by atoms with Crippen LogP contribution < -0.4 is 19.7 Å². The van der Waals surface area contributed by atoms with Crippen LogP contribution in [-0.4, -0.2) is 39.5 Å². The van der Waals surface area contributed by atoms with Crippen molar-refractivity contribution in [1.29, 1.82) is 0 Å². The lowest BCUT2D eigenvalue weighted by molar-refractivity contribution is 0.102. The summed E-state index contributed by atoms with van der Waals surface area (Å²) in [5, 5.41) is 5.21. The SMILES string of the molecule is COc1ccccc1NS(=O)(=O)c1cc(NC(=O)c2csc(C)n2)ccc1N1CCCC1. The van der Waals surface area contributed by atoms with E-state index in [1.165, 1.54) is 24.5 Å². The minimum absolute atomic E-state index is 0.0950. The maximum absolute atomic E-state index is 13.4. The number of para-hydroxylation sites is 2. The Kier molecular flexibility index (Phi) is 6.33. The molecule has 10 heteroatoms. The number of sulfonamides is 1. The van der Waals surface area contributed by atoms with Crippen molar-refractivity contribution in [2.24, 2.45) is 0 Å². The van der Waals surface area contributed by atoms with Crippen LogP contribution in [0.1, 0.15) is 28.3 Å². The van der Waals surface area contributed by atoms with E-state index in [-0.39, 0.29) is 10.8 Å². The molecule has 168 valence electrons. The van der Waals surface area contributed by atoms with Gasteiger partial charge in [-0.15, -0.1) is 11.3 Å². The molecule has 2 N–H and O–H groups in total. The summed E-state index contributed by atoms with van der Waals surface area (Å²) in [6.45, 7) is 3.38. The van der Waals surface area contributed by atoms with Crippen molar-refractivity contribution in [3.8, 4) is 5.75 Å². The molecule has 2 aromatic carbocycles. The first-order chi connectivity index (χ1) is 15.4. The summed E-state index contributed by atoms with van der Waals surface area (Å²) in [5.41, 5.74) is 1.62. The molecule has 32 heavy (non-hydrogen) atoms. The third-order valence-electron chi connectivity index (χ3n) is 5.16. The number of aryl methyl sites for hydroxylation is 1. The molecule has 2 heterocycles. The van der Waals surface area contributed by atoms with Crippen LogP contribution in [0.25, 0.3) is 0 Å². The molecule has 1 aromatic heterocycles. The number of anilines is 3. The average molecular weight is 473 g/mol. The zero-order valence-corrected chi connectivity index (χ0v) is 19.4. The number of thiazole rings is 1. The van der Waals surface area contributed by atoms with E-state index >= 15 is 0 Å². The molecule has 1 fully saturated rings. The van der Waals surface area contributed by atoms with E-state index in [0.29, 0.717) is 28.5 Å². The lowest BCUT2D eigenvalue weighted by Crippen LogP contribution is -2.23. The van der Waals surface area contributed by atoms with Gasteiger partial charge in [0.05, 0.1) is 23.5 Å². The Balaban J connectivity index is 1.70. The number of aromatic nitrogens is 1. The molecule has 8 nitrogen and oxygen atoms in total. The number of hydrogen-bond acceptors (Lipinski definition) is 7. The first kappa shape index (κ1) is 22.1. The Morgan fingerprint density at radius 1 is 1.16 bits per heavy atom. The fraction of sp³-hybridized carbons (Fsp3) is 0.273. The lowest BCUT2D eigenvalue weighted by atomic mass is 10.2. The van der Waals surface area contributed by atoms with Crippen molar-refractivity contribution >= 4 is 44.3 Å². The fourth-order valence-electron chi connectivity index (χ4n) is 3.62. The average Bonchev–Trinajstić information content (AvgIpc) is 3.46. The van der Waals surface area contributed by atoms with Gasteiger partial charge in [0.2, 0.25) is 0 Å². The van der Waals surface area contributed by atoms with Gasteiger partial charge < -0.3 is 15.0 Å². The summed E-state index contributed by atoms with van der Waals surface area (Å²) < 4.78 is 34.8. The van der Waals surface area contributed by atoms with Gasteiger partial charge in [-0.2, -0.15) is 0 Å². The summed E-state index contributed by atoms with van der Waals surface area (Å²) in [5.74, 6) is 0.0338. The highest BCUT2D eigenvalue weighted by Gasteiger charge is 2.26. The quantitative estimate of drug-likeness (QED) is 0.537. The molecule has 1 saturated heterocycles. The molecule has 0 unspecified atom stereocenters. The lowest BCUT2D eigenvalue weighted by Gasteiger charge is -2.22. The minimum atomic E-state index is -3.97. The molecule has 1 aliphatic heterocycles.